The zero-order valence-corrected chi connectivity index (χ0v) is 5.37. The van der Waals surface area contributed by atoms with Crippen molar-refractivity contribution in [2.45, 2.75) is 18.6 Å². The van der Waals surface area contributed by atoms with Crippen LogP contribution in [0.1, 0.15) is 13.3 Å². The highest BCUT2D eigenvalue weighted by Crippen LogP contribution is 2.04. The Morgan fingerprint density at radius 1 is 2.00 bits per heavy atom. The Bertz CT molecular complexity index is 54.0. The Labute approximate surface area is 49.1 Å². The monoisotopic (exact) mass is 117 g/mol. The molecule has 1 atom stereocenters. The number of rotatable bonds is 3. The predicted molar refractivity (Wildman–Crippen MR) is 36.1 cm³/mol. The van der Waals surface area contributed by atoms with Gasteiger partial charge in [-0.15, -0.1) is 6.58 Å². The van der Waals surface area contributed by atoms with Crippen LogP contribution in [0.2, 0.25) is 0 Å². The molecule has 0 aliphatic rings. The summed E-state index contributed by atoms with van der Waals surface area (Å²) in [6.45, 7) is 5.66. The van der Waals surface area contributed by atoms with Crippen LogP contribution in [0, 0.1) is 0 Å². The molecule has 0 bridgehead atoms. The van der Waals surface area contributed by atoms with Crippen LogP contribution in [0.15, 0.2) is 12.7 Å². The van der Waals surface area contributed by atoms with Crippen LogP contribution < -0.4 is 5.14 Å². The van der Waals surface area contributed by atoms with Crippen LogP contribution in [0.3, 0.4) is 0 Å². The third kappa shape index (κ3) is 3.89. The lowest BCUT2D eigenvalue weighted by Gasteiger charge is -1.99. The molecular weight excluding hydrogens is 106 g/mol. The van der Waals surface area contributed by atoms with Crippen LogP contribution in [0.5, 0.6) is 0 Å². The fourth-order valence-electron chi connectivity index (χ4n) is 0.290. The number of allylic oxidation sites excluding steroid dienone is 1. The fraction of sp³-hybridized carbons (Fsp3) is 0.600. The maximum Gasteiger partial charge on any atom is 0.0196 e. The van der Waals surface area contributed by atoms with Crippen molar-refractivity contribution in [1.29, 1.82) is 0 Å². The molecule has 42 valence electrons. The third-order valence-corrected chi connectivity index (χ3v) is 1.39. The van der Waals surface area contributed by atoms with Crippen LogP contribution in [0.4, 0.5) is 0 Å². The molecule has 2 N–H and O–H groups in total. The molecule has 0 aromatic carbocycles. The topological polar surface area (TPSA) is 26.0 Å². The van der Waals surface area contributed by atoms with Crippen LogP contribution in [-0.2, 0) is 0 Å². The summed E-state index contributed by atoms with van der Waals surface area (Å²) >= 11 is 1.38. The molecule has 0 saturated heterocycles. The Balaban J connectivity index is 2.98. The molecule has 7 heavy (non-hydrogen) atoms. The minimum Gasteiger partial charge on any atom is -0.278 e. The molecule has 0 rings (SSSR count). The van der Waals surface area contributed by atoms with E-state index in [9.17, 15) is 0 Å². The first kappa shape index (κ1) is 7.05. The van der Waals surface area contributed by atoms with Gasteiger partial charge in [-0.1, -0.05) is 24.9 Å². The van der Waals surface area contributed by atoms with Crippen molar-refractivity contribution in [2.24, 2.45) is 5.14 Å². The molecule has 1 nitrogen and oxygen atoms in total. The maximum absolute atomic E-state index is 5.23. The standard InChI is InChI=1S/C5H11NS/c1-3-4-5(2)7-6/h3,5H,1,4,6H2,2H3. The van der Waals surface area contributed by atoms with Crippen molar-refractivity contribution < 1.29 is 0 Å². The summed E-state index contributed by atoms with van der Waals surface area (Å²) in [6.07, 6.45) is 2.88. The average molecular weight is 117 g/mol. The Morgan fingerprint density at radius 2 is 2.57 bits per heavy atom. The van der Waals surface area contributed by atoms with Crippen LogP contribution in [0.25, 0.3) is 0 Å². The summed E-state index contributed by atoms with van der Waals surface area (Å²) in [6, 6.07) is 0. The third-order valence-electron chi connectivity index (χ3n) is 0.731. The lowest BCUT2D eigenvalue weighted by Crippen LogP contribution is -1.96. The lowest BCUT2D eigenvalue weighted by molar-refractivity contribution is 0.985. The van der Waals surface area contributed by atoms with Crippen molar-refractivity contribution >= 4 is 11.9 Å². The van der Waals surface area contributed by atoms with Gasteiger partial charge in [-0.25, -0.2) is 0 Å². The second-order valence-electron chi connectivity index (χ2n) is 1.47. The van der Waals surface area contributed by atoms with E-state index in [0.717, 1.165) is 6.42 Å². The van der Waals surface area contributed by atoms with Gasteiger partial charge in [0.1, 0.15) is 0 Å². The summed E-state index contributed by atoms with van der Waals surface area (Å²) in [5, 5.41) is 5.75. The SMILES string of the molecule is C=CCC(C)SN. The van der Waals surface area contributed by atoms with E-state index in [0.29, 0.717) is 5.25 Å². The maximum atomic E-state index is 5.23. The van der Waals surface area contributed by atoms with E-state index >= 15 is 0 Å². The minimum absolute atomic E-state index is 0.525. The molecule has 0 aromatic heterocycles. The van der Waals surface area contributed by atoms with Gasteiger partial charge in [0.2, 0.25) is 0 Å². The average Bonchev–Trinajstić information content (AvgIpc) is 1.68. The molecule has 0 saturated carbocycles. The molecule has 0 fully saturated rings. The van der Waals surface area contributed by atoms with Crippen LogP contribution in [-0.4, -0.2) is 5.25 Å². The Kier molecular flexibility index (Phi) is 4.25. The predicted octanol–water partition coefficient (Wildman–Crippen LogP) is 1.56. The second kappa shape index (κ2) is 4.22. The first-order valence-electron chi connectivity index (χ1n) is 2.27. The zero-order valence-electron chi connectivity index (χ0n) is 4.55. The second-order valence-corrected chi connectivity index (χ2v) is 2.55. The minimum atomic E-state index is 0.525. The summed E-state index contributed by atoms with van der Waals surface area (Å²) in [7, 11) is 0. The largest absolute Gasteiger partial charge is 0.278 e. The van der Waals surface area contributed by atoms with Gasteiger partial charge in [0.25, 0.3) is 0 Å². The summed E-state index contributed by atoms with van der Waals surface area (Å²) in [5.41, 5.74) is 0. The molecule has 0 aliphatic heterocycles. The van der Waals surface area contributed by atoms with Gasteiger partial charge in [-0.3, -0.25) is 5.14 Å². The van der Waals surface area contributed by atoms with Gasteiger partial charge in [-0.05, 0) is 6.42 Å². The zero-order chi connectivity index (χ0) is 5.70. The highest BCUT2D eigenvalue weighted by atomic mass is 32.2. The van der Waals surface area contributed by atoms with E-state index in [1.54, 1.807) is 0 Å². The van der Waals surface area contributed by atoms with Gasteiger partial charge in [-0.2, -0.15) is 0 Å². The number of nitrogens with two attached hydrogens (primary N) is 1. The molecule has 0 aliphatic carbocycles. The fourth-order valence-corrected chi connectivity index (χ4v) is 0.537. The Hall–Kier alpha value is 0.0500. The summed E-state index contributed by atoms with van der Waals surface area (Å²) < 4.78 is 0. The molecule has 0 radical (unpaired) electrons. The van der Waals surface area contributed by atoms with Crippen molar-refractivity contribution in [2.75, 3.05) is 0 Å². The quantitative estimate of drug-likeness (QED) is 0.448. The molecule has 0 amide bonds. The van der Waals surface area contributed by atoms with Gasteiger partial charge >= 0.3 is 0 Å². The van der Waals surface area contributed by atoms with Gasteiger partial charge < -0.3 is 0 Å². The van der Waals surface area contributed by atoms with Gasteiger partial charge in [0, 0.05) is 5.25 Å². The molecular formula is C5H11NS. The molecule has 0 spiro atoms. The number of hydrogen-bond acceptors (Lipinski definition) is 2. The van der Waals surface area contributed by atoms with E-state index in [1.165, 1.54) is 11.9 Å². The smallest absolute Gasteiger partial charge is 0.0196 e. The molecule has 0 heterocycles. The van der Waals surface area contributed by atoms with Crippen molar-refractivity contribution in [3.8, 4) is 0 Å². The van der Waals surface area contributed by atoms with Gasteiger partial charge in [0.05, 0.1) is 0 Å². The van der Waals surface area contributed by atoms with Crippen molar-refractivity contribution in [3.63, 3.8) is 0 Å². The van der Waals surface area contributed by atoms with Gasteiger partial charge in [0.15, 0.2) is 0 Å². The van der Waals surface area contributed by atoms with E-state index in [4.69, 9.17) is 5.14 Å². The molecule has 0 aromatic rings. The van der Waals surface area contributed by atoms with E-state index < -0.39 is 0 Å². The van der Waals surface area contributed by atoms with E-state index in [1.807, 2.05) is 6.08 Å². The van der Waals surface area contributed by atoms with E-state index in [2.05, 4.69) is 13.5 Å². The Morgan fingerprint density at radius 3 is 2.71 bits per heavy atom. The molecule has 2 heteroatoms. The first-order chi connectivity index (χ1) is 3.31. The highest BCUT2D eigenvalue weighted by molar-refractivity contribution is 7.97. The highest BCUT2D eigenvalue weighted by Gasteiger charge is 1.91. The molecule has 1 unspecified atom stereocenters. The lowest BCUT2D eigenvalue weighted by atomic mass is 10.3. The summed E-state index contributed by atoms with van der Waals surface area (Å²) in [4.78, 5) is 0. The first-order valence-corrected chi connectivity index (χ1v) is 3.22. The van der Waals surface area contributed by atoms with E-state index in [-0.39, 0.29) is 0 Å². The van der Waals surface area contributed by atoms with Crippen molar-refractivity contribution in [3.05, 3.63) is 12.7 Å². The van der Waals surface area contributed by atoms with Crippen LogP contribution >= 0.6 is 11.9 Å². The summed E-state index contributed by atoms with van der Waals surface area (Å²) in [5.74, 6) is 0. The normalized spacial score (nSPS) is 13.4. The number of hydrogen-bond donors (Lipinski definition) is 1. The van der Waals surface area contributed by atoms with Crippen molar-refractivity contribution in [1.82, 2.24) is 0 Å².